The van der Waals surface area contributed by atoms with E-state index >= 15 is 0 Å². The molecule has 2 aliphatic heterocycles. The maximum absolute atomic E-state index is 4.41. The summed E-state index contributed by atoms with van der Waals surface area (Å²) in [6.45, 7) is 7.51. The van der Waals surface area contributed by atoms with Crippen molar-refractivity contribution in [3.05, 3.63) is 35.4 Å². The summed E-state index contributed by atoms with van der Waals surface area (Å²) in [4.78, 5) is 8.82. The second kappa shape index (κ2) is 8.37. The smallest absolute Gasteiger partial charge is 0.191 e. The summed E-state index contributed by atoms with van der Waals surface area (Å²) in [7, 11) is 0. The van der Waals surface area contributed by atoms with Crippen molar-refractivity contribution in [1.82, 2.24) is 21.3 Å². The molecule has 23 heavy (non-hydrogen) atoms. The predicted octanol–water partition coefficient (Wildman–Crippen LogP) is 1.18. The Kier molecular flexibility index (Phi) is 6.49. The molecule has 4 N–H and O–H groups in total. The molecule has 1 aromatic rings. The van der Waals surface area contributed by atoms with Gasteiger partial charge in [0.2, 0.25) is 0 Å². The molecule has 1 aromatic carbocycles. The van der Waals surface area contributed by atoms with E-state index in [-0.39, 0.29) is 24.0 Å². The van der Waals surface area contributed by atoms with Crippen molar-refractivity contribution in [3.8, 4) is 0 Å². The van der Waals surface area contributed by atoms with Crippen LogP contribution in [0.3, 0.4) is 0 Å². The summed E-state index contributed by atoms with van der Waals surface area (Å²) in [5, 5.41) is 13.3. The molecule has 0 aliphatic carbocycles. The molecular weight excluding hydrogens is 403 g/mol. The number of nitrogens with one attached hydrogen (secondary N) is 4. The first-order valence-electron chi connectivity index (χ1n) is 7.86. The van der Waals surface area contributed by atoms with Crippen molar-refractivity contribution < 1.29 is 0 Å². The summed E-state index contributed by atoms with van der Waals surface area (Å²) >= 11 is 0. The van der Waals surface area contributed by atoms with E-state index in [1.54, 1.807) is 0 Å². The standard InChI is InChI=1S/C16H24N6.HI/c1-11-7-17-15(21-11)19-9-13-4-3-5-14(6-13)10-20-16-18-8-12(2)22-16;/h3-6,11-12H,7-10H2,1-2H3,(H2,17,19,21)(H2,18,20,22);1H. The van der Waals surface area contributed by atoms with Crippen LogP contribution in [0.5, 0.6) is 0 Å². The zero-order valence-electron chi connectivity index (χ0n) is 13.6. The molecule has 2 atom stereocenters. The highest BCUT2D eigenvalue weighted by molar-refractivity contribution is 14.0. The zero-order chi connectivity index (χ0) is 15.4. The zero-order valence-corrected chi connectivity index (χ0v) is 15.9. The molecule has 0 saturated heterocycles. The first kappa shape index (κ1) is 17.8. The molecule has 7 heteroatoms. The first-order valence-corrected chi connectivity index (χ1v) is 7.86. The topological polar surface area (TPSA) is 72.8 Å². The fraction of sp³-hybridized carbons (Fsp3) is 0.500. The number of hydrogen-bond donors (Lipinski definition) is 4. The molecule has 0 bridgehead atoms. The third-order valence-electron chi connectivity index (χ3n) is 3.72. The van der Waals surface area contributed by atoms with Crippen LogP contribution in [-0.4, -0.2) is 37.1 Å². The van der Waals surface area contributed by atoms with Crippen LogP contribution in [0.1, 0.15) is 25.0 Å². The molecule has 0 aromatic heterocycles. The quantitative estimate of drug-likeness (QED) is 0.544. The van der Waals surface area contributed by atoms with Crippen LogP contribution in [0, 0.1) is 0 Å². The van der Waals surface area contributed by atoms with Crippen molar-refractivity contribution in [3.63, 3.8) is 0 Å². The number of benzene rings is 1. The third-order valence-corrected chi connectivity index (χ3v) is 3.72. The predicted molar refractivity (Wildman–Crippen MR) is 105 cm³/mol. The van der Waals surface area contributed by atoms with E-state index in [1.807, 2.05) is 0 Å². The van der Waals surface area contributed by atoms with E-state index < -0.39 is 0 Å². The second-order valence-electron chi connectivity index (χ2n) is 6.00. The van der Waals surface area contributed by atoms with Crippen molar-refractivity contribution in [1.29, 1.82) is 0 Å². The average molecular weight is 428 g/mol. The van der Waals surface area contributed by atoms with E-state index in [0.29, 0.717) is 12.1 Å². The monoisotopic (exact) mass is 428 g/mol. The van der Waals surface area contributed by atoms with Gasteiger partial charge in [-0.1, -0.05) is 24.3 Å². The Hall–Kier alpha value is -1.51. The van der Waals surface area contributed by atoms with Crippen molar-refractivity contribution in [2.45, 2.75) is 39.0 Å². The number of hydrogen-bond acceptors (Lipinski definition) is 6. The van der Waals surface area contributed by atoms with E-state index in [9.17, 15) is 0 Å². The minimum absolute atomic E-state index is 0. The largest absolute Gasteiger partial charge is 0.352 e. The number of rotatable bonds is 4. The molecule has 0 saturated carbocycles. The Morgan fingerprint density at radius 2 is 1.43 bits per heavy atom. The Morgan fingerprint density at radius 3 is 1.83 bits per heavy atom. The second-order valence-corrected chi connectivity index (χ2v) is 6.00. The van der Waals surface area contributed by atoms with Gasteiger partial charge >= 0.3 is 0 Å². The van der Waals surface area contributed by atoms with Crippen LogP contribution in [0.2, 0.25) is 0 Å². The van der Waals surface area contributed by atoms with E-state index in [0.717, 1.165) is 38.1 Å². The summed E-state index contributed by atoms with van der Waals surface area (Å²) < 4.78 is 0. The van der Waals surface area contributed by atoms with Crippen LogP contribution in [0.25, 0.3) is 0 Å². The van der Waals surface area contributed by atoms with Gasteiger partial charge in [0.15, 0.2) is 11.9 Å². The molecule has 2 unspecified atom stereocenters. The van der Waals surface area contributed by atoms with E-state index in [1.165, 1.54) is 11.1 Å². The van der Waals surface area contributed by atoms with Gasteiger partial charge in [-0.3, -0.25) is 9.98 Å². The Bertz CT molecular complexity index is 538. The van der Waals surface area contributed by atoms with Crippen molar-refractivity contribution >= 4 is 35.9 Å². The molecule has 0 amide bonds. The summed E-state index contributed by atoms with van der Waals surface area (Å²) in [6.07, 6.45) is 0. The lowest BCUT2D eigenvalue weighted by Crippen LogP contribution is -2.37. The molecule has 6 nitrogen and oxygen atoms in total. The molecule has 2 aliphatic rings. The highest BCUT2D eigenvalue weighted by atomic mass is 127. The van der Waals surface area contributed by atoms with Gasteiger partial charge < -0.3 is 21.3 Å². The number of guanidine groups is 2. The highest BCUT2D eigenvalue weighted by Crippen LogP contribution is 2.06. The van der Waals surface area contributed by atoms with E-state index in [4.69, 9.17) is 0 Å². The van der Waals surface area contributed by atoms with Crippen molar-refractivity contribution in [2.24, 2.45) is 9.98 Å². The fourth-order valence-electron chi connectivity index (χ4n) is 2.54. The summed E-state index contributed by atoms with van der Waals surface area (Å²) in [5.74, 6) is 1.80. The molecule has 0 radical (unpaired) electrons. The van der Waals surface area contributed by atoms with Gasteiger partial charge in [0.05, 0.1) is 13.1 Å². The lowest BCUT2D eigenvalue weighted by atomic mass is 10.1. The molecule has 3 rings (SSSR count). The molecule has 2 heterocycles. The molecule has 126 valence electrons. The Labute approximate surface area is 154 Å². The Balaban J connectivity index is 0.00000192. The van der Waals surface area contributed by atoms with Gasteiger partial charge in [-0.15, -0.1) is 24.0 Å². The molecule has 0 fully saturated rings. The number of aliphatic imine (C=N–C) groups is 2. The summed E-state index contributed by atoms with van der Waals surface area (Å²) in [6, 6.07) is 9.41. The van der Waals surface area contributed by atoms with Gasteiger partial charge in [-0.2, -0.15) is 0 Å². The average Bonchev–Trinajstić information content (AvgIpc) is 3.12. The van der Waals surface area contributed by atoms with Gasteiger partial charge in [0.25, 0.3) is 0 Å². The maximum atomic E-state index is 4.41. The van der Waals surface area contributed by atoms with Gasteiger partial charge in [0, 0.05) is 25.2 Å². The van der Waals surface area contributed by atoms with Gasteiger partial charge in [0.1, 0.15) is 0 Å². The first-order chi connectivity index (χ1) is 10.7. The van der Waals surface area contributed by atoms with Crippen LogP contribution >= 0.6 is 24.0 Å². The maximum Gasteiger partial charge on any atom is 0.191 e. The van der Waals surface area contributed by atoms with Crippen molar-refractivity contribution in [2.75, 3.05) is 13.1 Å². The minimum atomic E-state index is 0. The van der Waals surface area contributed by atoms with Crippen LogP contribution in [0.15, 0.2) is 34.3 Å². The van der Waals surface area contributed by atoms with Gasteiger partial charge in [-0.05, 0) is 25.0 Å². The number of nitrogens with zero attached hydrogens (tertiary/aromatic N) is 2. The fourth-order valence-corrected chi connectivity index (χ4v) is 2.54. The lowest BCUT2D eigenvalue weighted by Gasteiger charge is -2.11. The van der Waals surface area contributed by atoms with Crippen LogP contribution < -0.4 is 21.3 Å². The van der Waals surface area contributed by atoms with Gasteiger partial charge in [-0.25, -0.2) is 0 Å². The Morgan fingerprint density at radius 1 is 0.957 bits per heavy atom. The molecule has 0 spiro atoms. The normalized spacial score (nSPS) is 22.3. The van der Waals surface area contributed by atoms with Crippen LogP contribution in [-0.2, 0) is 13.1 Å². The lowest BCUT2D eigenvalue weighted by molar-refractivity contribution is 0.712. The van der Waals surface area contributed by atoms with Crippen LogP contribution in [0.4, 0.5) is 0 Å². The number of halogens is 1. The third kappa shape index (κ3) is 5.26. The minimum Gasteiger partial charge on any atom is -0.352 e. The SMILES string of the molecule is CC1CN=C(NCc2cccc(CNC3=NCC(C)N3)c2)N1.I. The highest BCUT2D eigenvalue weighted by Gasteiger charge is 2.12. The molecular formula is C16H25IN6. The van der Waals surface area contributed by atoms with E-state index in [2.05, 4.69) is 69.4 Å². The summed E-state index contributed by atoms with van der Waals surface area (Å²) in [5.41, 5.74) is 2.50.